The number of carbonyl (C=O) groups excluding carboxylic acids is 3. The van der Waals surface area contributed by atoms with Crippen LogP contribution in [-0.4, -0.2) is 62.3 Å². The molecule has 0 aromatic carbocycles. The van der Waals surface area contributed by atoms with E-state index in [1.807, 2.05) is 0 Å². The zero-order valence-electron chi connectivity index (χ0n) is 39.1. The van der Waals surface area contributed by atoms with E-state index in [1.54, 1.807) is 0 Å². The lowest BCUT2D eigenvalue weighted by molar-refractivity contribution is -0.149. The van der Waals surface area contributed by atoms with Crippen LogP contribution in [0.1, 0.15) is 252 Å². The molecule has 0 unspecified atom stereocenters. The molecule has 0 aromatic heterocycles. The van der Waals surface area contributed by atoms with Crippen molar-refractivity contribution in [2.75, 3.05) is 39.5 Å². The summed E-state index contributed by atoms with van der Waals surface area (Å²) in [6.45, 7) is 14.1. The molecule has 1 aliphatic rings. The fraction of sp³-hybridized carbons (Fsp3) is 0.941. The Bertz CT molecular complexity index is 860. The van der Waals surface area contributed by atoms with Crippen LogP contribution in [0, 0.1) is 17.8 Å². The number of nitrogens with zero attached hydrogens (tertiary/aromatic N) is 1. The molecular weight excluding hydrogens is 723 g/mol. The van der Waals surface area contributed by atoms with Gasteiger partial charge in [-0.2, -0.15) is 0 Å². The molecule has 0 spiro atoms. The third-order valence-corrected chi connectivity index (χ3v) is 12.7. The maximum Gasteiger partial charge on any atom is 0.308 e. The van der Waals surface area contributed by atoms with Gasteiger partial charge in [0.15, 0.2) is 0 Å². The van der Waals surface area contributed by atoms with E-state index in [0.29, 0.717) is 44.5 Å². The Kier molecular flexibility index (Phi) is 38.2. The minimum atomic E-state index is -0.0389. The highest BCUT2D eigenvalue weighted by atomic mass is 16.5. The third-order valence-electron chi connectivity index (χ3n) is 12.7. The molecule has 0 atom stereocenters. The smallest absolute Gasteiger partial charge is 0.308 e. The van der Waals surface area contributed by atoms with Crippen molar-refractivity contribution < 1.29 is 28.6 Å². The van der Waals surface area contributed by atoms with Gasteiger partial charge >= 0.3 is 17.9 Å². The highest BCUT2D eigenvalue weighted by molar-refractivity contribution is 5.72. The van der Waals surface area contributed by atoms with E-state index in [4.69, 9.17) is 14.2 Å². The Balaban J connectivity index is 2.31. The zero-order valence-corrected chi connectivity index (χ0v) is 39.1. The van der Waals surface area contributed by atoms with Crippen molar-refractivity contribution in [3.8, 4) is 0 Å². The van der Waals surface area contributed by atoms with Crippen molar-refractivity contribution in [3.05, 3.63) is 0 Å². The topological polar surface area (TPSA) is 82.1 Å². The summed E-state index contributed by atoms with van der Waals surface area (Å²) in [6.07, 6.45) is 39.0. The van der Waals surface area contributed by atoms with Gasteiger partial charge in [-0.1, -0.05) is 182 Å². The van der Waals surface area contributed by atoms with Crippen molar-refractivity contribution in [1.29, 1.82) is 0 Å². The number of carbonyl (C=O) groups is 3. The van der Waals surface area contributed by atoms with Crippen LogP contribution in [0.25, 0.3) is 0 Å². The molecular formula is C51H97NO6. The van der Waals surface area contributed by atoms with Crippen LogP contribution in [-0.2, 0) is 28.6 Å². The second kappa shape index (κ2) is 40.8. The fourth-order valence-electron chi connectivity index (χ4n) is 8.77. The Labute approximate surface area is 360 Å². The van der Waals surface area contributed by atoms with Crippen molar-refractivity contribution in [3.63, 3.8) is 0 Å². The lowest BCUT2D eigenvalue weighted by Gasteiger charge is -2.18. The van der Waals surface area contributed by atoms with Gasteiger partial charge in [-0.25, -0.2) is 0 Å². The maximum atomic E-state index is 13.2. The molecule has 0 amide bonds. The SMILES string of the molecule is CCCCCC(CCCCC)CCOC(=O)CCCCCCCC(CCCCCCCC(=O)OCCC(CCCCC)CCCCC)C(=O)OCCCN1CCCC1. The van der Waals surface area contributed by atoms with E-state index in [2.05, 4.69) is 32.6 Å². The molecule has 0 bridgehead atoms. The summed E-state index contributed by atoms with van der Waals surface area (Å²) in [5.74, 6) is 1.26. The lowest BCUT2D eigenvalue weighted by atomic mass is 9.92. The predicted molar refractivity (Wildman–Crippen MR) is 244 cm³/mol. The van der Waals surface area contributed by atoms with E-state index < -0.39 is 0 Å². The summed E-state index contributed by atoms with van der Waals surface area (Å²) < 4.78 is 17.1. The number of hydrogen-bond donors (Lipinski definition) is 0. The fourth-order valence-corrected chi connectivity index (χ4v) is 8.77. The molecule has 0 aromatic rings. The Hall–Kier alpha value is -1.63. The molecule has 0 saturated carbocycles. The molecule has 1 fully saturated rings. The van der Waals surface area contributed by atoms with Gasteiger partial charge in [0, 0.05) is 19.4 Å². The zero-order chi connectivity index (χ0) is 42.2. The first kappa shape index (κ1) is 54.4. The van der Waals surface area contributed by atoms with E-state index in [-0.39, 0.29) is 23.8 Å². The Morgan fingerprint density at radius 2 is 0.793 bits per heavy atom. The average molecular weight is 820 g/mol. The average Bonchev–Trinajstić information content (AvgIpc) is 3.74. The standard InChI is InChI=1S/C51H97NO6/c1-5-9-19-30-46(31-20-10-6-2)38-44-56-49(53)36-25-17-13-15-23-34-48(51(55)58-43-29-42-52-40-27-28-41-52)35-24-16-14-18-26-37-50(54)57-45-39-47(32-21-11-7-3)33-22-12-8-4/h46-48H,5-45H2,1-4H3. The Morgan fingerprint density at radius 3 is 1.21 bits per heavy atom. The summed E-state index contributed by atoms with van der Waals surface area (Å²) in [5.41, 5.74) is 0. The van der Waals surface area contributed by atoms with Crippen LogP contribution in [0.2, 0.25) is 0 Å². The molecule has 342 valence electrons. The minimum Gasteiger partial charge on any atom is -0.466 e. The van der Waals surface area contributed by atoms with Gasteiger partial charge in [-0.05, 0) is 82.7 Å². The predicted octanol–water partition coefficient (Wildman–Crippen LogP) is 14.5. The minimum absolute atomic E-state index is 0.0113. The van der Waals surface area contributed by atoms with Crippen LogP contribution in [0.4, 0.5) is 0 Å². The Morgan fingerprint density at radius 1 is 0.414 bits per heavy atom. The normalized spacial score (nSPS) is 13.3. The van der Waals surface area contributed by atoms with Crippen LogP contribution in [0.5, 0.6) is 0 Å². The molecule has 0 radical (unpaired) electrons. The van der Waals surface area contributed by atoms with Gasteiger partial charge in [-0.3, -0.25) is 14.4 Å². The second-order valence-corrected chi connectivity index (χ2v) is 18.1. The van der Waals surface area contributed by atoms with Gasteiger partial charge in [0.05, 0.1) is 25.7 Å². The van der Waals surface area contributed by atoms with Crippen LogP contribution in [0.3, 0.4) is 0 Å². The van der Waals surface area contributed by atoms with Gasteiger partial charge in [0.1, 0.15) is 0 Å². The third kappa shape index (κ3) is 33.1. The van der Waals surface area contributed by atoms with Crippen molar-refractivity contribution in [1.82, 2.24) is 4.90 Å². The van der Waals surface area contributed by atoms with Crippen molar-refractivity contribution >= 4 is 17.9 Å². The summed E-state index contributed by atoms with van der Waals surface area (Å²) in [4.78, 5) is 40.5. The lowest BCUT2D eigenvalue weighted by Crippen LogP contribution is -2.23. The van der Waals surface area contributed by atoms with E-state index in [9.17, 15) is 14.4 Å². The molecule has 0 N–H and O–H groups in total. The quantitative estimate of drug-likeness (QED) is 0.0344. The number of rotatable bonds is 43. The number of hydrogen-bond acceptors (Lipinski definition) is 7. The second-order valence-electron chi connectivity index (χ2n) is 18.1. The number of esters is 3. The first-order chi connectivity index (χ1) is 28.4. The molecule has 1 aliphatic heterocycles. The highest BCUT2D eigenvalue weighted by Gasteiger charge is 2.20. The van der Waals surface area contributed by atoms with Crippen LogP contribution in [0.15, 0.2) is 0 Å². The molecule has 1 saturated heterocycles. The van der Waals surface area contributed by atoms with Crippen molar-refractivity contribution in [2.24, 2.45) is 17.8 Å². The number of likely N-dealkylation sites (tertiary alicyclic amines) is 1. The summed E-state index contributed by atoms with van der Waals surface area (Å²) in [6, 6.07) is 0. The molecule has 0 aliphatic carbocycles. The van der Waals surface area contributed by atoms with Gasteiger partial charge in [0.25, 0.3) is 0 Å². The molecule has 7 nitrogen and oxygen atoms in total. The highest BCUT2D eigenvalue weighted by Crippen LogP contribution is 2.24. The van der Waals surface area contributed by atoms with E-state index in [1.165, 1.54) is 129 Å². The first-order valence-electron chi connectivity index (χ1n) is 25.6. The van der Waals surface area contributed by atoms with E-state index in [0.717, 1.165) is 103 Å². The number of ether oxygens (including phenoxy) is 3. The van der Waals surface area contributed by atoms with Gasteiger partial charge in [0.2, 0.25) is 0 Å². The van der Waals surface area contributed by atoms with Crippen LogP contribution < -0.4 is 0 Å². The van der Waals surface area contributed by atoms with Crippen LogP contribution >= 0.6 is 0 Å². The largest absolute Gasteiger partial charge is 0.466 e. The monoisotopic (exact) mass is 820 g/mol. The first-order valence-corrected chi connectivity index (χ1v) is 25.6. The molecule has 58 heavy (non-hydrogen) atoms. The van der Waals surface area contributed by atoms with Gasteiger partial charge < -0.3 is 19.1 Å². The summed E-state index contributed by atoms with van der Waals surface area (Å²) in [5, 5.41) is 0. The van der Waals surface area contributed by atoms with Gasteiger partial charge in [-0.15, -0.1) is 0 Å². The van der Waals surface area contributed by atoms with E-state index >= 15 is 0 Å². The molecule has 1 rings (SSSR count). The number of unbranched alkanes of at least 4 members (excludes halogenated alkanes) is 16. The summed E-state index contributed by atoms with van der Waals surface area (Å²) in [7, 11) is 0. The molecule has 7 heteroatoms. The molecule has 1 heterocycles. The van der Waals surface area contributed by atoms with Crippen molar-refractivity contribution in [2.45, 2.75) is 252 Å². The summed E-state index contributed by atoms with van der Waals surface area (Å²) >= 11 is 0. The maximum absolute atomic E-state index is 13.2.